The fourth-order valence-electron chi connectivity index (χ4n) is 2.15. The van der Waals surface area contributed by atoms with Gasteiger partial charge in [0.15, 0.2) is 0 Å². The maximum atomic E-state index is 6.13. The quantitative estimate of drug-likeness (QED) is 0.772. The molecule has 2 rings (SSSR count). The molecule has 0 saturated carbocycles. The summed E-state index contributed by atoms with van der Waals surface area (Å²) in [5.41, 5.74) is 10.8. The van der Waals surface area contributed by atoms with E-state index in [1.807, 2.05) is 18.2 Å². The fraction of sp³-hybridized carbons (Fsp3) is 0.250. The van der Waals surface area contributed by atoms with Gasteiger partial charge in [-0.2, -0.15) is 0 Å². The smallest absolute Gasteiger partial charge is 0.0396 e. The Morgan fingerprint density at radius 2 is 1.71 bits per heavy atom. The third-order valence-corrected chi connectivity index (χ3v) is 3.05. The molecule has 0 aliphatic heterocycles. The highest BCUT2D eigenvalue weighted by molar-refractivity contribution is 5.79. The van der Waals surface area contributed by atoms with E-state index in [2.05, 4.69) is 37.3 Å². The number of hydrogen-bond donors (Lipinski definition) is 1. The Kier molecular flexibility index (Phi) is 3.81. The molecule has 0 spiro atoms. The zero-order valence-electron chi connectivity index (χ0n) is 10.3. The number of rotatable bonds is 4. The van der Waals surface area contributed by atoms with Crippen molar-refractivity contribution in [3.05, 3.63) is 54.1 Å². The highest BCUT2D eigenvalue weighted by atomic mass is 14.6. The van der Waals surface area contributed by atoms with Crippen LogP contribution in [0.25, 0.3) is 11.1 Å². The number of unbranched alkanes of at least 4 members (excludes halogenated alkanes) is 1. The van der Waals surface area contributed by atoms with Crippen LogP contribution in [0, 0.1) is 0 Å². The Hall–Kier alpha value is -1.76. The summed E-state index contributed by atoms with van der Waals surface area (Å²) in [6.45, 7) is 2.22. The predicted octanol–water partition coefficient (Wildman–Crippen LogP) is 4.28. The molecule has 1 heteroatoms. The van der Waals surface area contributed by atoms with E-state index in [0.717, 1.165) is 12.1 Å². The van der Waals surface area contributed by atoms with Crippen molar-refractivity contribution < 1.29 is 0 Å². The molecular weight excluding hydrogens is 206 g/mol. The summed E-state index contributed by atoms with van der Waals surface area (Å²) in [5, 5.41) is 0. The van der Waals surface area contributed by atoms with E-state index in [4.69, 9.17) is 5.73 Å². The molecule has 0 aromatic heterocycles. The first-order valence-corrected chi connectivity index (χ1v) is 6.25. The molecule has 0 unspecified atom stereocenters. The molecule has 0 fully saturated rings. The zero-order valence-corrected chi connectivity index (χ0v) is 10.3. The maximum Gasteiger partial charge on any atom is 0.0396 e. The van der Waals surface area contributed by atoms with Crippen LogP contribution in [0.3, 0.4) is 0 Å². The second-order valence-electron chi connectivity index (χ2n) is 4.35. The Balaban J connectivity index is 2.44. The summed E-state index contributed by atoms with van der Waals surface area (Å²) in [4.78, 5) is 0. The van der Waals surface area contributed by atoms with Crippen molar-refractivity contribution in [1.29, 1.82) is 0 Å². The third-order valence-electron chi connectivity index (χ3n) is 3.05. The summed E-state index contributed by atoms with van der Waals surface area (Å²) in [6, 6.07) is 16.6. The first-order chi connectivity index (χ1) is 8.33. The van der Waals surface area contributed by atoms with Crippen LogP contribution < -0.4 is 5.73 Å². The second-order valence-corrected chi connectivity index (χ2v) is 4.35. The molecule has 0 amide bonds. The largest absolute Gasteiger partial charge is 0.398 e. The summed E-state index contributed by atoms with van der Waals surface area (Å²) in [6.07, 6.45) is 3.53. The van der Waals surface area contributed by atoms with Crippen molar-refractivity contribution in [3.8, 4) is 11.1 Å². The summed E-state index contributed by atoms with van der Waals surface area (Å²) < 4.78 is 0. The van der Waals surface area contributed by atoms with E-state index >= 15 is 0 Å². The van der Waals surface area contributed by atoms with Gasteiger partial charge < -0.3 is 5.73 Å². The van der Waals surface area contributed by atoms with Crippen molar-refractivity contribution in [3.63, 3.8) is 0 Å². The van der Waals surface area contributed by atoms with Gasteiger partial charge in [-0.15, -0.1) is 0 Å². The monoisotopic (exact) mass is 225 g/mol. The zero-order chi connectivity index (χ0) is 12.1. The lowest BCUT2D eigenvalue weighted by Gasteiger charge is -2.12. The van der Waals surface area contributed by atoms with Gasteiger partial charge in [0.1, 0.15) is 0 Å². The van der Waals surface area contributed by atoms with Crippen LogP contribution in [-0.4, -0.2) is 0 Å². The number of anilines is 1. The molecule has 88 valence electrons. The van der Waals surface area contributed by atoms with Gasteiger partial charge in [-0.3, -0.25) is 0 Å². The van der Waals surface area contributed by atoms with Crippen LogP contribution in [0.4, 0.5) is 5.69 Å². The van der Waals surface area contributed by atoms with Gasteiger partial charge in [-0.25, -0.2) is 0 Å². The first-order valence-electron chi connectivity index (χ1n) is 6.25. The topological polar surface area (TPSA) is 26.0 Å². The molecule has 0 aliphatic rings. The van der Waals surface area contributed by atoms with E-state index in [0.29, 0.717) is 0 Å². The van der Waals surface area contributed by atoms with Gasteiger partial charge in [0.25, 0.3) is 0 Å². The predicted molar refractivity (Wildman–Crippen MR) is 74.9 cm³/mol. The van der Waals surface area contributed by atoms with Gasteiger partial charge in [0.2, 0.25) is 0 Å². The van der Waals surface area contributed by atoms with Crippen LogP contribution in [0.2, 0.25) is 0 Å². The molecular formula is C16H19N. The number of benzene rings is 2. The molecule has 0 saturated heterocycles. The normalized spacial score (nSPS) is 10.4. The van der Waals surface area contributed by atoms with Crippen LogP contribution in [0.15, 0.2) is 48.5 Å². The number of hydrogen-bond acceptors (Lipinski definition) is 1. The highest BCUT2D eigenvalue weighted by Crippen LogP contribution is 2.30. The van der Waals surface area contributed by atoms with Crippen LogP contribution in [0.5, 0.6) is 0 Å². The van der Waals surface area contributed by atoms with Gasteiger partial charge >= 0.3 is 0 Å². The van der Waals surface area contributed by atoms with Crippen molar-refractivity contribution in [2.24, 2.45) is 0 Å². The Labute approximate surface area is 103 Å². The standard InChI is InChI=1S/C16H19N/c1-2-3-8-13-11-7-12-15(17)16(13)14-9-5-4-6-10-14/h4-7,9-12H,2-3,8,17H2,1H3. The molecule has 0 bridgehead atoms. The summed E-state index contributed by atoms with van der Waals surface area (Å²) in [5.74, 6) is 0. The van der Waals surface area contributed by atoms with Gasteiger partial charge in [0.05, 0.1) is 0 Å². The fourth-order valence-corrected chi connectivity index (χ4v) is 2.15. The van der Waals surface area contributed by atoms with E-state index < -0.39 is 0 Å². The molecule has 0 atom stereocenters. The SMILES string of the molecule is CCCCc1cccc(N)c1-c1ccccc1. The second kappa shape index (κ2) is 5.53. The summed E-state index contributed by atoms with van der Waals surface area (Å²) in [7, 11) is 0. The van der Waals surface area contributed by atoms with E-state index in [1.54, 1.807) is 0 Å². The van der Waals surface area contributed by atoms with E-state index in [1.165, 1.54) is 29.5 Å². The average Bonchev–Trinajstić information content (AvgIpc) is 2.37. The van der Waals surface area contributed by atoms with Gasteiger partial charge in [-0.1, -0.05) is 55.8 Å². The lowest BCUT2D eigenvalue weighted by Crippen LogP contribution is -1.96. The Bertz CT molecular complexity index is 474. The van der Waals surface area contributed by atoms with Crippen molar-refractivity contribution in [2.45, 2.75) is 26.2 Å². The summed E-state index contributed by atoms with van der Waals surface area (Å²) >= 11 is 0. The molecule has 2 aromatic rings. The van der Waals surface area contributed by atoms with Crippen LogP contribution >= 0.6 is 0 Å². The van der Waals surface area contributed by atoms with E-state index in [-0.39, 0.29) is 0 Å². The maximum absolute atomic E-state index is 6.13. The third kappa shape index (κ3) is 2.68. The lowest BCUT2D eigenvalue weighted by atomic mass is 9.95. The van der Waals surface area contributed by atoms with Crippen LogP contribution in [0.1, 0.15) is 25.3 Å². The Morgan fingerprint density at radius 3 is 2.41 bits per heavy atom. The molecule has 0 aliphatic carbocycles. The minimum Gasteiger partial charge on any atom is -0.398 e. The molecule has 2 aromatic carbocycles. The highest BCUT2D eigenvalue weighted by Gasteiger charge is 2.07. The van der Waals surface area contributed by atoms with Gasteiger partial charge in [-0.05, 0) is 30.0 Å². The molecule has 0 heterocycles. The molecule has 2 N–H and O–H groups in total. The van der Waals surface area contributed by atoms with Crippen molar-refractivity contribution >= 4 is 5.69 Å². The number of nitrogen functional groups attached to an aromatic ring is 1. The molecule has 0 radical (unpaired) electrons. The average molecular weight is 225 g/mol. The molecule has 17 heavy (non-hydrogen) atoms. The van der Waals surface area contributed by atoms with Gasteiger partial charge in [0, 0.05) is 11.3 Å². The lowest BCUT2D eigenvalue weighted by molar-refractivity contribution is 0.796. The minimum atomic E-state index is 0.879. The van der Waals surface area contributed by atoms with Crippen molar-refractivity contribution in [1.82, 2.24) is 0 Å². The molecule has 1 nitrogen and oxygen atoms in total. The minimum absolute atomic E-state index is 0.879. The number of nitrogens with two attached hydrogens (primary N) is 1. The number of aryl methyl sites for hydroxylation is 1. The Morgan fingerprint density at radius 1 is 0.941 bits per heavy atom. The van der Waals surface area contributed by atoms with Crippen molar-refractivity contribution in [2.75, 3.05) is 5.73 Å². The van der Waals surface area contributed by atoms with Crippen LogP contribution in [-0.2, 0) is 6.42 Å². The van der Waals surface area contributed by atoms with E-state index in [9.17, 15) is 0 Å². The first kappa shape index (κ1) is 11.7.